The molecule has 0 amide bonds. The van der Waals surface area contributed by atoms with Gasteiger partial charge in [0.1, 0.15) is 11.7 Å². The number of nitrogens with zero attached hydrogens (tertiary/aromatic N) is 3. The van der Waals surface area contributed by atoms with Crippen LogP contribution in [-0.4, -0.2) is 16.4 Å². The van der Waals surface area contributed by atoms with Crippen LogP contribution in [0.5, 0.6) is 11.5 Å². The average Bonchev–Trinajstić information content (AvgIpc) is 3.61. The number of hydrogen-bond acceptors (Lipinski definition) is 5. The second kappa shape index (κ2) is 15.3. The number of hydrogen-bond donors (Lipinski definition) is 0. The summed E-state index contributed by atoms with van der Waals surface area (Å²) in [5, 5.41) is 0. The zero-order valence-electron chi connectivity index (χ0n) is 42.5. The topological polar surface area (TPSA) is 47.0 Å². The van der Waals surface area contributed by atoms with Crippen molar-refractivity contribution in [3.05, 3.63) is 163 Å². The third-order valence-corrected chi connectivity index (χ3v) is 14.0. The van der Waals surface area contributed by atoms with Gasteiger partial charge in [-0.1, -0.05) is 139 Å². The number of pyridine rings is 1. The molecule has 3 heterocycles. The fraction of sp³-hybridized carbons (Fsp3) is 0.379. The van der Waals surface area contributed by atoms with E-state index in [9.17, 15) is 2.74 Å². The van der Waals surface area contributed by atoms with E-state index in [-0.39, 0.29) is 31.9 Å². The fourth-order valence-electron chi connectivity index (χ4n) is 10.7. The van der Waals surface area contributed by atoms with Crippen LogP contribution in [0, 0.1) is 66.0 Å². The molecule has 5 aromatic carbocycles. The molecule has 3 aliphatic rings. The maximum Gasteiger partial charge on any atom is 2.00 e. The number of rotatable bonds is 5. The number of anilines is 3. The van der Waals surface area contributed by atoms with Crippen molar-refractivity contribution in [3.63, 3.8) is 0 Å². The fourth-order valence-corrected chi connectivity index (χ4v) is 10.7. The van der Waals surface area contributed by atoms with Crippen LogP contribution in [0.15, 0.2) is 84.0 Å². The molecule has 0 unspecified atom stereocenters. The van der Waals surface area contributed by atoms with E-state index in [2.05, 4.69) is 175 Å². The summed E-state index contributed by atoms with van der Waals surface area (Å²) in [5.41, 5.74) is 14.0. The first-order chi connectivity index (χ1) is 30.2. The maximum atomic E-state index is 9.80. The van der Waals surface area contributed by atoms with Crippen LogP contribution < -0.4 is 9.64 Å². The van der Waals surface area contributed by atoms with Gasteiger partial charge in [-0.15, -0.1) is 23.3 Å². The maximum absolute atomic E-state index is 9.80. The molecule has 64 heavy (non-hydrogen) atoms. The zero-order valence-corrected chi connectivity index (χ0v) is 42.8. The van der Waals surface area contributed by atoms with E-state index in [1.54, 1.807) is 0 Å². The summed E-state index contributed by atoms with van der Waals surface area (Å²) >= 11 is 0. The van der Waals surface area contributed by atoms with Crippen LogP contribution in [0.25, 0.3) is 11.1 Å². The number of aliphatic imine (C=N–C) groups is 1. The molecule has 0 spiro atoms. The molecule has 5 nitrogen and oxygen atoms in total. The molecule has 0 radical (unpaired) electrons. The summed E-state index contributed by atoms with van der Waals surface area (Å²) in [6, 6.07) is 33.3. The van der Waals surface area contributed by atoms with Crippen molar-refractivity contribution < 1.29 is 33.3 Å². The number of ether oxygens (including phenoxy) is 2. The normalized spacial score (nSPS) is 20.8. The Balaban J connectivity index is 0.00000592. The summed E-state index contributed by atoms with van der Waals surface area (Å²) in [6.07, 6.45) is 0.0780. The van der Waals surface area contributed by atoms with Crippen LogP contribution in [0.2, 0.25) is 0 Å². The molecular formula is C58H63N3O2Pt. The van der Waals surface area contributed by atoms with Gasteiger partial charge in [0, 0.05) is 43.5 Å². The van der Waals surface area contributed by atoms with E-state index >= 15 is 0 Å². The molecule has 332 valence electrons. The minimum atomic E-state index is -1.83. The van der Waals surface area contributed by atoms with Gasteiger partial charge >= 0.3 is 21.1 Å². The SMILES string of the molecule is [2H]C1([2H])c2cc(C)c(C)cc2[C@]2(C(C)(C)C)OC(c3[c-]c(Oc4[c-]c5c(cc4C)C(C)(C)c4cc(C)ccc4N5c4cc(C(C)(C)C)ccn4)cc(-c4c(C)cc(C)cc4C)c3)=N[C@]12C.[Pt+2]. The molecular weight excluding hydrogens is 966 g/mol. The van der Waals surface area contributed by atoms with Crippen molar-refractivity contribution in [1.82, 2.24) is 4.98 Å². The summed E-state index contributed by atoms with van der Waals surface area (Å²) in [7, 11) is 0. The van der Waals surface area contributed by atoms with Gasteiger partial charge in [0.25, 0.3) is 0 Å². The molecule has 9 rings (SSSR count). The van der Waals surface area contributed by atoms with Gasteiger partial charge in [0.2, 0.25) is 0 Å². The van der Waals surface area contributed by atoms with Crippen LogP contribution >= 0.6 is 0 Å². The molecule has 0 fully saturated rings. The Morgan fingerprint density at radius 2 is 1.39 bits per heavy atom. The minimum absolute atomic E-state index is 0. The van der Waals surface area contributed by atoms with Gasteiger partial charge in [-0.3, -0.25) is 4.99 Å². The third kappa shape index (κ3) is 7.07. The van der Waals surface area contributed by atoms with Crippen molar-refractivity contribution in [2.45, 2.75) is 139 Å². The first kappa shape index (κ1) is 42.9. The molecule has 0 bridgehead atoms. The van der Waals surface area contributed by atoms with Crippen molar-refractivity contribution in [2.24, 2.45) is 10.4 Å². The van der Waals surface area contributed by atoms with Gasteiger partial charge in [0.05, 0.1) is 5.54 Å². The third-order valence-electron chi connectivity index (χ3n) is 14.0. The number of aromatic nitrogens is 1. The van der Waals surface area contributed by atoms with Crippen molar-refractivity contribution in [3.8, 4) is 22.6 Å². The Morgan fingerprint density at radius 3 is 2.06 bits per heavy atom. The summed E-state index contributed by atoms with van der Waals surface area (Å²) in [4.78, 5) is 12.6. The van der Waals surface area contributed by atoms with Crippen molar-refractivity contribution in [1.29, 1.82) is 0 Å². The van der Waals surface area contributed by atoms with Gasteiger partial charge in [-0.05, 0) is 122 Å². The summed E-state index contributed by atoms with van der Waals surface area (Å²) in [5.74, 6) is 2.22. The Hall–Kier alpha value is -4.99. The number of fused-ring (bicyclic) bond motifs is 5. The molecule has 2 aliphatic heterocycles. The molecule has 2 atom stereocenters. The van der Waals surface area contributed by atoms with Crippen molar-refractivity contribution >= 4 is 23.1 Å². The van der Waals surface area contributed by atoms with Gasteiger partial charge in [0.15, 0.2) is 5.60 Å². The number of aryl methyl sites for hydroxylation is 7. The molecule has 1 aliphatic carbocycles. The van der Waals surface area contributed by atoms with E-state index in [0.717, 1.165) is 67.3 Å². The van der Waals surface area contributed by atoms with Crippen LogP contribution in [0.4, 0.5) is 17.2 Å². The standard InChI is InChI=1S/C58H63N3O2.Pt/c1-33-17-18-48-46(23-33)56(14,15)47-26-37(5)50(31-49(47)61(48)51-30-43(19-20-59-51)54(8,9)10)62-44-28-40(52-38(6)21-34(2)22-39(52)7)27-41(29-44)53-60-57(16)32-42-24-35(3)36(4)25-45(42)58(57,63-53)55(11,12)13;/h17-28,30H,32H2,1-16H3;/q-2;+2/t57-,58-;/m1./s1/i32D2;. The van der Waals surface area contributed by atoms with E-state index in [0.29, 0.717) is 28.5 Å². The first-order valence-corrected chi connectivity index (χ1v) is 22.4. The summed E-state index contributed by atoms with van der Waals surface area (Å²) < 4.78 is 34.0. The second-order valence-electron chi connectivity index (χ2n) is 21.3. The Kier molecular flexibility index (Phi) is 10.3. The largest absolute Gasteiger partial charge is 2.00 e. The Labute approximate surface area is 399 Å². The second-order valence-corrected chi connectivity index (χ2v) is 21.3. The Bertz CT molecular complexity index is 3000. The van der Waals surface area contributed by atoms with Crippen LogP contribution in [0.3, 0.4) is 0 Å². The predicted molar refractivity (Wildman–Crippen MR) is 260 cm³/mol. The van der Waals surface area contributed by atoms with Crippen LogP contribution in [-0.2, 0) is 48.6 Å². The van der Waals surface area contributed by atoms with E-state index < -0.39 is 22.9 Å². The van der Waals surface area contributed by atoms with E-state index in [1.165, 1.54) is 22.3 Å². The predicted octanol–water partition coefficient (Wildman–Crippen LogP) is 14.7. The van der Waals surface area contributed by atoms with Crippen LogP contribution in [0.1, 0.15) is 137 Å². The first-order valence-electron chi connectivity index (χ1n) is 23.4. The zero-order chi connectivity index (χ0) is 47.1. The average molecular weight is 1030 g/mol. The monoisotopic (exact) mass is 1030 g/mol. The smallest absolute Gasteiger partial charge is 0.507 e. The molecule has 6 aromatic rings. The minimum Gasteiger partial charge on any atom is -0.507 e. The van der Waals surface area contributed by atoms with Gasteiger partial charge in [-0.25, -0.2) is 4.98 Å². The molecule has 1 aromatic heterocycles. The number of benzene rings is 5. The van der Waals surface area contributed by atoms with Gasteiger partial charge in [-0.2, -0.15) is 6.07 Å². The van der Waals surface area contributed by atoms with Crippen molar-refractivity contribution in [2.75, 3.05) is 4.90 Å². The van der Waals surface area contributed by atoms with E-state index in [1.807, 2.05) is 32.2 Å². The molecule has 6 heteroatoms. The van der Waals surface area contributed by atoms with E-state index in [4.69, 9.17) is 19.5 Å². The Morgan fingerprint density at radius 1 is 0.719 bits per heavy atom. The summed E-state index contributed by atoms with van der Waals surface area (Å²) in [6.45, 7) is 34.3. The molecule has 0 N–H and O–H groups in total. The molecule has 0 saturated carbocycles. The van der Waals surface area contributed by atoms with Gasteiger partial charge < -0.3 is 14.4 Å². The quantitative estimate of drug-likeness (QED) is 0.161. The molecule has 0 saturated heterocycles.